The third-order valence-corrected chi connectivity index (χ3v) is 5.34. The van der Waals surface area contributed by atoms with Gasteiger partial charge in [-0.05, 0) is 48.2 Å². The normalized spacial score (nSPS) is 14.2. The maximum atomic E-state index is 12.8. The van der Waals surface area contributed by atoms with Crippen molar-refractivity contribution in [3.8, 4) is 28.7 Å². The Balaban J connectivity index is 1.72. The number of allylic oxidation sites excluding steroid dienone is 1. The average molecular weight is 500 g/mol. The van der Waals surface area contributed by atoms with E-state index in [4.69, 9.17) is 23.7 Å². The lowest BCUT2D eigenvalue weighted by Crippen LogP contribution is -2.43. The van der Waals surface area contributed by atoms with Gasteiger partial charge in [-0.15, -0.1) is 0 Å². The number of nitrogens with one attached hydrogen (secondary N) is 1. The highest BCUT2D eigenvalue weighted by molar-refractivity contribution is 6.14. The highest BCUT2D eigenvalue weighted by atomic mass is 16.5. The molecule has 0 aliphatic carbocycles. The fourth-order valence-corrected chi connectivity index (χ4v) is 3.67. The number of aliphatic carboxylic acids is 1. The van der Waals surface area contributed by atoms with Gasteiger partial charge < -0.3 is 34.1 Å². The van der Waals surface area contributed by atoms with Crippen molar-refractivity contribution in [1.82, 2.24) is 5.32 Å². The van der Waals surface area contributed by atoms with E-state index in [1.807, 2.05) is 13.8 Å². The Hall–Kier alpha value is -4.21. The first-order valence-electron chi connectivity index (χ1n) is 11.2. The van der Waals surface area contributed by atoms with Crippen molar-refractivity contribution in [3.05, 3.63) is 47.2 Å². The summed E-state index contributed by atoms with van der Waals surface area (Å²) in [6.07, 6.45) is 1.86. The number of rotatable bonds is 11. The molecule has 0 fully saturated rings. The van der Waals surface area contributed by atoms with E-state index in [0.717, 1.165) is 0 Å². The molecule has 2 N–H and O–H groups in total. The van der Waals surface area contributed by atoms with Crippen molar-refractivity contribution in [2.24, 2.45) is 5.92 Å². The van der Waals surface area contributed by atoms with Gasteiger partial charge >= 0.3 is 5.97 Å². The van der Waals surface area contributed by atoms with E-state index in [0.29, 0.717) is 40.5 Å². The molecule has 10 heteroatoms. The predicted octanol–water partition coefficient (Wildman–Crippen LogP) is 3.32. The van der Waals surface area contributed by atoms with Gasteiger partial charge in [0.05, 0.1) is 26.9 Å². The summed E-state index contributed by atoms with van der Waals surface area (Å²) in [7, 11) is 4.49. The number of carbonyl (C=O) groups is 3. The molecule has 2 aromatic rings. The molecule has 1 aliphatic heterocycles. The van der Waals surface area contributed by atoms with E-state index >= 15 is 0 Å². The summed E-state index contributed by atoms with van der Waals surface area (Å²) in [5.74, 6) is 0.0547. The van der Waals surface area contributed by atoms with E-state index in [9.17, 15) is 19.5 Å². The lowest BCUT2D eigenvalue weighted by atomic mass is 10.0. The second-order valence-electron chi connectivity index (χ2n) is 8.43. The molecule has 3 rings (SSSR count). The lowest BCUT2D eigenvalue weighted by molar-refractivity contribution is -0.142. The molecule has 2 aromatic carbocycles. The summed E-state index contributed by atoms with van der Waals surface area (Å²) in [5.41, 5.74) is 0.941. The van der Waals surface area contributed by atoms with Gasteiger partial charge in [-0.3, -0.25) is 9.59 Å². The maximum Gasteiger partial charge on any atom is 0.326 e. The number of fused-ring (bicyclic) bond motifs is 1. The van der Waals surface area contributed by atoms with Crippen LogP contribution < -0.4 is 29.0 Å². The summed E-state index contributed by atoms with van der Waals surface area (Å²) in [5, 5.41) is 11.7. The Kier molecular flexibility index (Phi) is 8.42. The van der Waals surface area contributed by atoms with Gasteiger partial charge in [0.15, 0.2) is 23.9 Å². The number of carbonyl (C=O) groups excluding carboxylic acids is 2. The Morgan fingerprint density at radius 2 is 1.72 bits per heavy atom. The Morgan fingerprint density at radius 1 is 1.06 bits per heavy atom. The quantitative estimate of drug-likeness (QED) is 0.447. The molecule has 0 unspecified atom stereocenters. The van der Waals surface area contributed by atoms with Crippen LogP contribution in [-0.4, -0.2) is 56.7 Å². The van der Waals surface area contributed by atoms with Gasteiger partial charge in [0.2, 0.25) is 11.5 Å². The number of carboxylic acids is 1. The van der Waals surface area contributed by atoms with Crippen LogP contribution in [0.3, 0.4) is 0 Å². The summed E-state index contributed by atoms with van der Waals surface area (Å²) in [6.45, 7) is 3.35. The highest BCUT2D eigenvalue weighted by Crippen LogP contribution is 2.40. The van der Waals surface area contributed by atoms with Crippen LogP contribution in [0.2, 0.25) is 0 Å². The number of benzene rings is 2. The molecule has 10 nitrogen and oxygen atoms in total. The van der Waals surface area contributed by atoms with Crippen molar-refractivity contribution in [2.45, 2.75) is 26.3 Å². The third kappa shape index (κ3) is 6.07. The van der Waals surface area contributed by atoms with Crippen LogP contribution in [0.15, 0.2) is 36.1 Å². The van der Waals surface area contributed by atoms with Gasteiger partial charge in [-0.25, -0.2) is 4.79 Å². The fourth-order valence-electron chi connectivity index (χ4n) is 3.67. The van der Waals surface area contributed by atoms with Crippen molar-refractivity contribution in [1.29, 1.82) is 0 Å². The highest BCUT2D eigenvalue weighted by Gasteiger charge is 2.28. The molecule has 1 atom stereocenters. The first kappa shape index (κ1) is 26.4. The van der Waals surface area contributed by atoms with Crippen molar-refractivity contribution in [3.63, 3.8) is 0 Å². The molecule has 0 saturated heterocycles. The van der Waals surface area contributed by atoms with Crippen LogP contribution >= 0.6 is 0 Å². The number of hydrogen-bond donors (Lipinski definition) is 2. The van der Waals surface area contributed by atoms with Crippen LogP contribution in [0.5, 0.6) is 28.7 Å². The van der Waals surface area contributed by atoms with E-state index in [-0.39, 0.29) is 29.8 Å². The van der Waals surface area contributed by atoms with Crippen LogP contribution in [0, 0.1) is 5.92 Å². The van der Waals surface area contributed by atoms with Crippen LogP contribution in [0.1, 0.15) is 36.2 Å². The van der Waals surface area contributed by atoms with Crippen molar-refractivity contribution < 1.29 is 43.2 Å². The number of ketones is 1. The molecular weight excluding hydrogens is 470 g/mol. The summed E-state index contributed by atoms with van der Waals surface area (Å²) < 4.78 is 27.3. The molecule has 0 aromatic heterocycles. The molecule has 0 spiro atoms. The van der Waals surface area contributed by atoms with Gasteiger partial charge in [0, 0.05) is 6.07 Å². The second-order valence-corrected chi connectivity index (χ2v) is 8.43. The van der Waals surface area contributed by atoms with Crippen molar-refractivity contribution >= 4 is 23.7 Å². The molecular formula is C26H29NO9. The minimum Gasteiger partial charge on any atom is -0.493 e. The van der Waals surface area contributed by atoms with Crippen LogP contribution in [0.4, 0.5) is 0 Å². The van der Waals surface area contributed by atoms with E-state index in [2.05, 4.69) is 5.32 Å². The number of hydrogen-bond acceptors (Lipinski definition) is 8. The second kappa shape index (κ2) is 11.5. The minimum atomic E-state index is -1.10. The van der Waals surface area contributed by atoms with Gasteiger partial charge in [0.25, 0.3) is 5.91 Å². The Bertz CT molecular complexity index is 1160. The number of methoxy groups -OCH3 is 3. The summed E-state index contributed by atoms with van der Waals surface area (Å²) in [6, 6.07) is 6.96. The molecule has 36 heavy (non-hydrogen) atoms. The first-order valence-corrected chi connectivity index (χ1v) is 11.2. The predicted molar refractivity (Wildman–Crippen MR) is 130 cm³/mol. The number of amides is 1. The van der Waals surface area contributed by atoms with Crippen molar-refractivity contribution in [2.75, 3.05) is 27.9 Å². The molecule has 192 valence electrons. The lowest BCUT2D eigenvalue weighted by Gasteiger charge is -2.16. The maximum absolute atomic E-state index is 12.8. The largest absolute Gasteiger partial charge is 0.493 e. The van der Waals surface area contributed by atoms with E-state index in [1.165, 1.54) is 27.4 Å². The summed E-state index contributed by atoms with van der Waals surface area (Å²) >= 11 is 0. The van der Waals surface area contributed by atoms with Crippen LogP contribution in [0.25, 0.3) is 6.08 Å². The zero-order chi connectivity index (χ0) is 26.4. The molecule has 1 amide bonds. The van der Waals surface area contributed by atoms with E-state index < -0.39 is 17.9 Å². The Morgan fingerprint density at radius 3 is 2.28 bits per heavy atom. The van der Waals surface area contributed by atoms with Gasteiger partial charge in [-0.1, -0.05) is 13.8 Å². The van der Waals surface area contributed by atoms with Crippen LogP contribution in [-0.2, 0) is 9.59 Å². The molecule has 0 bridgehead atoms. The average Bonchev–Trinajstić information content (AvgIpc) is 3.15. The summed E-state index contributed by atoms with van der Waals surface area (Å²) in [4.78, 5) is 36.4. The minimum absolute atomic E-state index is 0.0900. The SMILES string of the molecule is COc1cc(/C=C2\Oc3cc(OCC(=O)N[C@H](CC(C)C)C(=O)O)ccc3C2=O)cc(OC)c1OC. The smallest absolute Gasteiger partial charge is 0.326 e. The topological polar surface area (TPSA) is 130 Å². The molecule has 1 aliphatic rings. The fraction of sp³-hybridized carbons (Fsp3) is 0.346. The number of ether oxygens (including phenoxy) is 5. The monoisotopic (exact) mass is 499 g/mol. The number of Topliss-reactive ketones (excluding diaryl/α,β-unsaturated/α-hetero) is 1. The van der Waals surface area contributed by atoms with Gasteiger partial charge in [-0.2, -0.15) is 0 Å². The first-order chi connectivity index (χ1) is 17.2. The third-order valence-electron chi connectivity index (χ3n) is 5.34. The zero-order valence-electron chi connectivity index (χ0n) is 20.7. The van der Waals surface area contributed by atoms with Gasteiger partial charge in [0.1, 0.15) is 17.5 Å². The molecule has 1 heterocycles. The Labute approximate surface area is 208 Å². The number of carboxylic acid groups (broad SMARTS) is 1. The standard InChI is InChI=1S/C26H29NO9/c1-14(2)8-18(26(30)31)27-23(28)13-35-16-6-7-17-19(12-16)36-20(24(17)29)9-15-10-21(32-3)25(34-5)22(11-15)33-4/h6-7,9-12,14,18H,8,13H2,1-5H3,(H,27,28)(H,30,31)/b20-9-/t18-/m1/s1. The molecule has 0 radical (unpaired) electrons. The molecule has 0 saturated carbocycles. The zero-order valence-corrected chi connectivity index (χ0v) is 20.7. The van der Waals surface area contributed by atoms with E-state index in [1.54, 1.807) is 30.3 Å².